The molecule has 0 saturated carbocycles. The van der Waals surface area contributed by atoms with Crippen molar-refractivity contribution < 1.29 is 14.6 Å². The molecule has 0 fully saturated rings. The predicted molar refractivity (Wildman–Crippen MR) is 67.5 cm³/mol. The van der Waals surface area contributed by atoms with Crippen molar-refractivity contribution in [2.75, 3.05) is 0 Å². The molecule has 0 aliphatic heterocycles. The lowest BCUT2D eigenvalue weighted by Gasteiger charge is -2.00. The molecule has 3 aromatic rings. The fourth-order valence-corrected chi connectivity index (χ4v) is 2.19. The Morgan fingerprint density at radius 2 is 2.26 bits per heavy atom. The number of H-pyrrole nitrogens is 1. The van der Waals surface area contributed by atoms with E-state index in [1.165, 1.54) is 0 Å². The highest BCUT2D eigenvalue weighted by molar-refractivity contribution is 9.10. The molecule has 9 heteroatoms. The standard InChI is InChI=1S/C10H5BrN4O4/c11-5-3-1-2-4-6(5)12-9(16)15-7(4)13-8(14-15)19-10(17)18/h1-3H,(H,12,16)(H,17,18). The first-order valence-electron chi connectivity index (χ1n) is 5.04. The molecule has 96 valence electrons. The number of rotatable bonds is 1. The molecule has 0 aliphatic rings. The lowest BCUT2D eigenvalue weighted by Crippen LogP contribution is -2.17. The number of fused-ring (bicyclic) bond motifs is 3. The number of ether oxygens (including phenoxy) is 1. The molecular formula is C10H5BrN4O4. The van der Waals surface area contributed by atoms with Gasteiger partial charge in [-0.05, 0) is 28.1 Å². The average Bonchev–Trinajstić information content (AvgIpc) is 2.74. The maximum atomic E-state index is 11.8. The van der Waals surface area contributed by atoms with Crippen molar-refractivity contribution in [3.63, 3.8) is 0 Å². The van der Waals surface area contributed by atoms with Crippen molar-refractivity contribution in [2.24, 2.45) is 0 Å². The van der Waals surface area contributed by atoms with Crippen LogP contribution >= 0.6 is 15.9 Å². The summed E-state index contributed by atoms with van der Waals surface area (Å²) in [6.07, 6.45) is -1.54. The topological polar surface area (TPSA) is 110 Å². The van der Waals surface area contributed by atoms with Crippen molar-refractivity contribution in [3.05, 3.63) is 33.2 Å². The summed E-state index contributed by atoms with van der Waals surface area (Å²) in [5, 5.41) is 12.8. The summed E-state index contributed by atoms with van der Waals surface area (Å²) < 4.78 is 5.98. The number of hydrogen-bond acceptors (Lipinski definition) is 5. The Kier molecular flexibility index (Phi) is 2.49. The van der Waals surface area contributed by atoms with Gasteiger partial charge < -0.3 is 14.8 Å². The summed E-state index contributed by atoms with van der Waals surface area (Å²) in [5.74, 6) is 0. The molecule has 0 spiro atoms. The maximum Gasteiger partial charge on any atom is 0.513 e. The fourth-order valence-electron chi connectivity index (χ4n) is 1.73. The van der Waals surface area contributed by atoms with Crippen molar-refractivity contribution in [3.8, 4) is 6.01 Å². The third kappa shape index (κ3) is 1.83. The van der Waals surface area contributed by atoms with Gasteiger partial charge in [-0.25, -0.2) is 9.59 Å². The molecule has 2 aromatic heterocycles. The van der Waals surface area contributed by atoms with Crippen LogP contribution in [-0.4, -0.2) is 30.8 Å². The zero-order chi connectivity index (χ0) is 13.6. The van der Waals surface area contributed by atoms with E-state index >= 15 is 0 Å². The van der Waals surface area contributed by atoms with Gasteiger partial charge in [0.25, 0.3) is 0 Å². The van der Waals surface area contributed by atoms with E-state index in [-0.39, 0.29) is 5.65 Å². The van der Waals surface area contributed by atoms with Gasteiger partial charge in [0.05, 0.1) is 5.52 Å². The monoisotopic (exact) mass is 324 g/mol. The normalized spacial score (nSPS) is 11.0. The summed E-state index contributed by atoms with van der Waals surface area (Å²) in [6.45, 7) is 0. The van der Waals surface area contributed by atoms with Gasteiger partial charge in [0.15, 0.2) is 5.65 Å². The number of carbonyl (C=O) groups is 1. The molecule has 2 N–H and O–H groups in total. The van der Waals surface area contributed by atoms with Crippen LogP contribution in [0.4, 0.5) is 4.79 Å². The number of para-hydroxylation sites is 1. The van der Waals surface area contributed by atoms with Crippen molar-refractivity contribution in [1.82, 2.24) is 19.6 Å². The molecule has 1 aromatic carbocycles. The largest absolute Gasteiger partial charge is 0.513 e. The summed E-state index contributed by atoms with van der Waals surface area (Å²) >= 11 is 3.31. The number of halogens is 1. The molecule has 0 amide bonds. The third-order valence-electron chi connectivity index (χ3n) is 2.45. The van der Waals surface area contributed by atoms with Crippen LogP contribution in [0.1, 0.15) is 0 Å². The van der Waals surface area contributed by atoms with E-state index in [1.807, 2.05) is 0 Å². The number of benzene rings is 1. The molecule has 0 bridgehead atoms. The van der Waals surface area contributed by atoms with Crippen LogP contribution in [0.25, 0.3) is 16.6 Å². The van der Waals surface area contributed by atoms with Crippen molar-refractivity contribution in [2.45, 2.75) is 0 Å². The Hall–Kier alpha value is -2.42. The van der Waals surface area contributed by atoms with Gasteiger partial charge in [-0.1, -0.05) is 6.07 Å². The van der Waals surface area contributed by atoms with E-state index in [9.17, 15) is 9.59 Å². The molecule has 0 atom stereocenters. The van der Waals surface area contributed by atoms with Crippen molar-refractivity contribution in [1.29, 1.82) is 0 Å². The van der Waals surface area contributed by atoms with Crippen LogP contribution < -0.4 is 10.4 Å². The number of aromatic amines is 1. The SMILES string of the molecule is O=C(O)Oc1nc2c3cccc(Br)c3[nH]c(=O)n2n1. The zero-order valence-corrected chi connectivity index (χ0v) is 10.7. The van der Waals surface area contributed by atoms with Gasteiger partial charge in [-0.3, -0.25) is 0 Å². The predicted octanol–water partition coefficient (Wildman–Crippen LogP) is 1.39. The first-order valence-corrected chi connectivity index (χ1v) is 5.83. The molecule has 2 heterocycles. The maximum absolute atomic E-state index is 11.8. The molecule has 8 nitrogen and oxygen atoms in total. The van der Waals surface area contributed by atoms with Crippen LogP contribution in [0.15, 0.2) is 27.5 Å². The van der Waals surface area contributed by atoms with Gasteiger partial charge in [-0.15, -0.1) is 5.10 Å². The lowest BCUT2D eigenvalue weighted by molar-refractivity contribution is 0.140. The summed E-state index contributed by atoms with van der Waals surface area (Å²) in [7, 11) is 0. The van der Waals surface area contributed by atoms with E-state index in [2.05, 4.69) is 35.7 Å². The Morgan fingerprint density at radius 3 is 3.00 bits per heavy atom. The highest BCUT2D eigenvalue weighted by Crippen LogP contribution is 2.23. The van der Waals surface area contributed by atoms with Crippen LogP contribution in [0.3, 0.4) is 0 Å². The Balaban J connectivity index is 2.40. The number of carboxylic acid groups (broad SMARTS) is 1. The van der Waals surface area contributed by atoms with E-state index < -0.39 is 17.9 Å². The smallest absolute Gasteiger partial charge is 0.449 e. The Bertz CT molecular complexity index is 869. The summed E-state index contributed by atoms with van der Waals surface area (Å²) in [6, 6.07) is 4.85. The highest BCUT2D eigenvalue weighted by Gasteiger charge is 2.14. The van der Waals surface area contributed by atoms with Gasteiger partial charge in [0.2, 0.25) is 0 Å². The molecule has 3 rings (SSSR count). The van der Waals surface area contributed by atoms with E-state index in [0.717, 1.165) is 4.52 Å². The number of nitrogens with one attached hydrogen (secondary N) is 1. The van der Waals surface area contributed by atoms with Gasteiger partial charge in [0, 0.05) is 9.86 Å². The van der Waals surface area contributed by atoms with Crippen LogP contribution in [0.5, 0.6) is 6.01 Å². The van der Waals surface area contributed by atoms with Crippen LogP contribution in [0, 0.1) is 0 Å². The molecule has 0 radical (unpaired) electrons. The second-order valence-electron chi connectivity index (χ2n) is 3.59. The van der Waals surface area contributed by atoms with E-state index in [4.69, 9.17) is 5.11 Å². The zero-order valence-electron chi connectivity index (χ0n) is 9.12. The lowest BCUT2D eigenvalue weighted by atomic mass is 10.2. The summed E-state index contributed by atoms with van der Waals surface area (Å²) in [5.41, 5.74) is 0.229. The molecule has 0 saturated heterocycles. The van der Waals surface area contributed by atoms with E-state index in [0.29, 0.717) is 15.4 Å². The molecule has 0 unspecified atom stereocenters. The second-order valence-corrected chi connectivity index (χ2v) is 4.44. The average molecular weight is 325 g/mol. The Morgan fingerprint density at radius 1 is 1.47 bits per heavy atom. The number of nitrogens with zero attached hydrogens (tertiary/aromatic N) is 3. The first kappa shape index (κ1) is 11.7. The third-order valence-corrected chi connectivity index (χ3v) is 3.11. The Labute approximate surface area is 112 Å². The molecular weight excluding hydrogens is 320 g/mol. The van der Waals surface area contributed by atoms with Gasteiger partial charge in [-0.2, -0.15) is 9.50 Å². The highest BCUT2D eigenvalue weighted by atomic mass is 79.9. The fraction of sp³-hybridized carbons (Fsp3) is 0. The molecule has 19 heavy (non-hydrogen) atoms. The molecule has 0 aliphatic carbocycles. The van der Waals surface area contributed by atoms with E-state index in [1.54, 1.807) is 18.2 Å². The minimum Gasteiger partial charge on any atom is -0.449 e. The van der Waals surface area contributed by atoms with Crippen LogP contribution in [0.2, 0.25) is 0 Å². The second kappa shape index (κ2) is 4.05. The van der Waals surface area contributed by atoms with Crippen molar-refractivity contribution >= 4 is 38.6 Å². The van der Waals surface area contributed by atoms with Gasteiger partial charge in [0.1, 0.15) is 0 Å². The quantitative estimate of drug-likeness (QED) is 0.654. The number of hydrogen-bond donors (Lipinski definition) is 2. The summed E-state index contributed by atoms with van der Waals surface area (Å²) in [4.78, 5) is 28.8. The minimum absolute atomic E-state index is 0.219. The minimum atomic E-state index is -1.54. The van der Waals surface area contributed by atoms with Gasteiger partial charge >= 0.3 is 17.9 Å². The first-order chi connectivity index (χ1) is 9.06. The number of aromatic nitrogens is 4. The van der Waals surface area contributed by atoms with Crippen LogP contribution in [-0.2, 0) is 0 Å².